The SMILES string of the molecule is C[C@H]1O[C@@H](c2ccccc2)OC/C1=N/O. The highest BCUT2D eigenvalue weighted by atomic mass is 16.7. The summed E-state index contributed by atoms with van der Waals surface area (Å²) in [6.07, 6.45) is -0.583. The first-order valence-corrected chi connectivity index (χ1v) is 4.84. The first-order valence-electron chi connectivity index (χ1n) is 4.84. The van der Waals surface area contributed by atoms with Gasteiger partial charge in [-0.3, -0.25) is 0 Å². The monoisotopic (exact) mass is 207 g/mol. The maximum Gasteiger partial charge on any atom is 0.185 e. The van der Waals surface area contributed by atoms with Crippen LogP contribution in [0.1, 0.15) is 18.8 Å². The van der Waals surface area contributed by atoms with Crippen molar-refractivity contribution in [3.05, 3.63) is 35.9 Å². The Hall–Kier alpha value is -1.39. The molecule has 2 atom stereocenters. The Bertz CT molecular complexity index is 350. The summed E-state index contributed by atoms with van der Waals surface area (Å²) in [6.45, 7) is 2.14. The van der Waals surface area contributed by atoms with Crippen molar-refractivity contribution < 1.29 is 14.7 Å². The first-order chi connectivity index (χ1) is 7.31. The van der Waals surface area contributed by atoms with Crippen LogP contribution in [0.25, 0.3) is 0 Å². The summed E-state index contributed by atoms with van der Waals surface area (Å²) in [5.41, 5.74) is 1.49. The van der Waals surface area contributed by atoms with E-state index in [1.54, 1.807) is 0 Å². The highest BCUT2D eigenvalue weighted by Crippen LogP contribution is 2.24. The van der Waals surface area contributed by atoms with Crippen LogP contribution in [-0.2, 0) is 9.47 Å². The van der Waals surface area contributed by atoms with Gasteiger partial charge in [-0.05, 0) is 6.92 Å². The predicted octanol–water partition coefficient (Wildman–Crippen LogP) is 1.95. The van der Waals surface area contributed by atoms with Crippen molar-refractivity contribution in [2.75, 3.05) is 6.61 Å². The number of rotatable bonds is 1. The van der Waals surface area contributed by atoms with Gasteiger partial charge in [0, 0.05) is 5.56 Å². The molecule has 0 bridgehead atoms. The van der Waals surface area contributed by atoms with E-state index >= 15 is 0 Å². The van der Waals surface area contributed by atoms with E-state index in [0.717, 1.165) is 5.56 Å². The number of nitrogens with zero attached hydrogens (tertiary/aromatic N) is 1. The first kappa shape index (κ1) is 10.1. The van der Waals surface area contributed by atoms with Crippen LogP contribution in [0.4, 0.5) is 0 Å². The van der Waals surface area contributed by atoms with E-state index in [9.17, 15) is 0 Å². The third-order valence-corrected chi connectivity index (χ3v) is 2.38. The zero-order valence-corrected chi connectivity index (χ0v) is 8.46. The molecule has 1 heterocycles. The Labute approximate surface area is 88.1 Å². The highest BCUT2D eigenvalue weighted by Gasteiger charge is 2.26. The quantitative estimate of drug-likeness (QED) is 0.565. The average molecular weight is 207 g/mol. The van der Waals surface area contributed by atoms with Crippen LogP contribution in [-0.4, -0.2) is 23.6 Å². The molecule has 1 N–H and O–H groups in total. The topological polar surface area (TPSA) is 51.0 Å². The summed E-state index contributed by atoms with van der Waals surface area (Å²) in [6, 6.07) is 9.69. The van der Waals surface area contributed by atoms with Crippen LogP contribution in [0.3, 0.4) is 0 Å². The fraction of sp³-hybridized carbons (Fsp3) is 0.364. The maximum absolute atomic E-state index is 8.65. The standard InChI is InChI=1S/C11H13NO3/c1-8-10(12-13)7-14-11(15-8)9-5-3-2-4-6-9/h2-6,8,11,13H,7H2,1H3/b12-10-/t8-,11+/m1/s1. The van der Waals surface area contributed by atoms with Gasteiger partial charge in [-0.15, -0.1) is 0 Å². The van der Waals surface area contributed by atoms with Gasteiger partial charge in [-0.1, -0.05) is 35.5 Å². The lowest BCUT2D eigenvalue weighted by Gasteiger charge is -2.28. The van der Waals surface area contributed by atoms with Gasteiger partial charge in [-0.25, -0.2) is 0 Å². The molecule has 0 spiro atoms. The summed E-state index contributed by atoms with van der Waals surface area (Å²) in [5, 5.41) is 11.8. The molecule has 4 nitrogen and oxygen atoms in total. The van der Waals surface area contributed by atoms with Gasteiger partial charge in [0.2, 0.25) is 0 Å². The molecule has 4 heteroatoms. The summed E-state index contributed by atoms with van der Waals surface area (Å²) in [4.78, 5) is 0. The van der Waals surface area contributed by atoms with Crippen LogP contribution in [0, 0.1) is 0 Å². The third-order valence-electron chi connectivity index (χ3n) is 2.38. The van der Waals surface area contributed by atoms with Crippen molar-refractivity contribution in [1.82, 2.24) is 0 Å². The van der Waals surface area contributed by atoms with E-state index in [4.69, 9.17) is 14.7 Å². The molecule has 0 unspecified atom stereocenters. The Kier molecular flexibility index (Phi) is 2.99. The molecular weight excluding hydrogens is 194 g/mol. The minimum Gasteiger partial charge on any atom is -0.411 e. The van der Waals surface area contributed by atoms with E-state index in [-0.39, 0.29) is 12.4 Å². The summed E-state index contributed by atoms with van der Waals surface area (Å²) in [5.74, 6) is 0. The molecule has 1 aliphatic heterocycles. The molecule has 0 radical (unpaired) electrons. The number of hydrogen-bond donors (Lipinski definition) is 1. The minimum absolute atomic E-state index is 0.214. The van der Waals surface area contributed by atoms with Gasteiger partial charge in [0.1, 0.15) is 11.8 Å². The predicted molar refractivity (Wildman–Crippen MR) is 54.9 cm³/mol. The van der Waals surface area contributed by atoms with Crippen molar-refractivity contribution in [2.24, 2.45) is 5.16 Å². The molecule has 1 saturated heterocycles. The van der Waals surface area contributed by atoms with Gasteiger partial charge >= 0.3 is 0 Å². The van der Waals surface area contributed by atoms with E-state index in [1.165, 1.54) is 0 Å². The largest absolute Gasteiger partial charge is 0.411 e. The van der Waals surface area contributed by atoms with Crippen molar-refractivity contribution in [1.29, 1.82) is 0 Å². The lowest BCUT2D eigenvalue weighted by atomic mass is 10.2. The Balaban J connectivity index is 2.09. The van der Waals surface area contributed by atoms with E-state index in [1.807, 2.05) is 37.3 Å². The lowest BCUT2D eigenvalue weighted by molar-refractivity contribution is -0.168. The maximum atomic E-state index is 8.65. The molecule has 0 saturated carbocycles. The zero-order valence-electron chi connectivity index (χ0n) is 8.46. The summed E-state index contributed by atoms with van der Waals surface area (Å²) >= 11 is 0. The third kappa shape index (κ3) is 2.16. The van der Waals surface area contributed by atoms with Gasteiger partial charge in [0.25, 0.3) is 0 Å². The molecule has 0 aromatic heterocycles. The van der Waals surface area contributed by atoms with Gasteiger partial charge < -0.3 is 14.7 Å². The van der Waals surface area contributed by atoms with Crippen LogP contribution in [0.2, 0.25) is 0 Å². The van der Waals surface area contributed by atoms with Crippen LogP contribution >= 0.6 is 0 Å². The molecule has 0 aliphatic carbocycles. The second-order valence-corrected chi connectivity index (χ2v) is 3.42. The van der Waals surface area contributed by atoms with Crippen molar-refractivity contribution >= 4 is 5.71 Å². The van der Waals surface area contributed by atoms with E-state index < -0.39 is 0 Å². The van der Waals surface area contributed by atoms with Gasteiger partial charge in [-0.2, -0.15) is 0 Å². The highest BCUT2D eigenvalue weighted by molar-refractivity contribution is 5.89. The number of hydrogen-bond acceptors (Lipinski definition) is 4. The molecule has 1 fully saturated rings. The Morgan fingerprint density at radius 3 is 2.67 bits per heavy atom. The number of ether oxygens (including phenoxy) is 2. The summed E-state index contributed by atoms with van der Waals surface area (Å²) in [7, 11) is 0. The fourth-order valence-corrected chi connectivity index (χ4v) is 1.48. The summed E-state index contributed by atoms with van der Waals surface area (Å²) < 4.78 is 11.0. The molecule has 1 aromatic carbocycles. The average Bonchev–Trinajstić information content (AvgIpc) is 2.30. The molecule has 1 aliphatic rings. The second kappa shape index (κ2) is 4.42. The molecule has 2 rings (SSSR count). The smallest absolute Gasteiger partial charge is 0.185 e. The van der Waals surface area contributed by atoms with Crippen LogP contribution in [0.5, 0.6) is 0 Å². The molecule has 0 amide bonds. The number of oxime groups is 1. The second-order valence-electron chi connectivity index (χ2n) is 3.42. The van der Waals surface area contributed by atoms with Crippen LogP contribution < -0.4 is 0 Å². The fourth-order valence-electron chi connectivity index (χ4n) is 1.48. The zero-order chi connectivity index (χ0) is 10.7. The molecule has 80 valence electrons. The van der Waals surface area contributed by atoms with E-state index in [2.05, 4.69) is 5.16 Å². The lowest BCUT2D eigenvalue weighted by Crippen LogP contribution is -2.34. The molecular formula is C11H13NO3. The Morgan fingerprint density at radius 2 is 2.07 bits per heavy atom. The van der Waals surface area contributed by atoms with Crippen molar-refractivity contribution in [2.45, 2.75) is 19.3 Å². The minimum atomic E-state index is -0.369. The van der Waals surface area contributed by atoms with Crippen LogP contribution in [0.15, 0.2) is 35.5 Å². The van der Waals surface area contributed by atoms with E-state index in [0.29, 0.717) is 12.3 Å². The number of benzene rings is 1. The van der Waals surface area contributed by atoms with Crippen molar-refractivity contribution in [3.8, 4) is 0 Å². The van der Waals surface area contributed by atoms with Gasteiger partial charge in [0.05, 0.1) is 6.61 Å². The van der Waals surface area contributed by atoms with Crippen molar-refractivity contribution in [3.63, 3.8) is 0 Å². The Morgan fingerprint density at radius 1 is 1.33 bits per heavy atom. The normalized spacial score (nSPS) is 29.3. The molecule has 1 aromatic rings. The molecule has 15 heavy (non-hydrogen) atoms. The van der Waals surface area contributed by atoms with Gasteiger partial charge in [0.15, 0.2) is 6.29 Å².